The SMILES string of the molecule is O=C(O)Cc1cccc(C2CN(S(=O)(=O)c3ccc(F)cc3)CCC2c2ccccc2)c1. The molecule has 2 atom stereocenters. The van der Waals surface area contributed by atoms with Crippen LogP contribution in [0.5, 0.6) is 0 Å². The summed E-state index contributed by atoms with van der Waals surface area (Å²) in [5.41, 5.74) is 2.72. The Morgan fingerprint density at radius 3 is 2.31 bits per heavy atom. The minimum Gasteiger partial charge on any atom is -0.481 e. The molecule has 5 nitrogen and oxygen atoms in total. The molecule has 166 valence electrons. The molecule has 1 N–H and O–H groups in total. The van der Waals surface area contributed by atoms with Gasteiger partial charge in [0.2, 0.25) is 10.0 Å². The Hall–Kier alpha value is -3.03. The second-order valence-electron chi connectivity index (χ2n) is 8.04. The van der Waals surface area contributed by atoms with Crippen molar-refractivity contribution in [3.8, 4) is 0 Å². The van der Waals surface area contributed by atoms with E-state index in [0.717, 1.165) is 23.3 Å². The van der Waals surface area contributed by atoms with E-state index in [1.165, 1.54) is 16.4 Å². The molecule has 0 aliphatic carbocycles. The van der Waals surface area contributed by atoms with E-state index < -0.39 is 21.8 Å². The lowest BCUT2D eigenvalue weighted by Gasteiger charge is -2.38. The first-order valence-electron chi connectivity index (χ1n) is 10.5. The van der Waals surface area contributed by atoms with E-state index in [4.69, 9.17) is 0 Å². The van der Waals surface area contributed by atoms with Crippen molar-refractivity contribution in [3.63, 3.8) is 0 Å². The normalized spacial score (nSPS) is 19.5. The molecular formula is C25H24FNO4S. The van der Waals surface area contributed by atoms with Gasteiger partial charge in [-0.15, -0.1) is 0 Å². The van der Waals surface area contributed by atoms with Gasteiger partial charge >= 0.3 is 5.97 Å². The number of carboxylic acid groups (broad SMARTS) is 1. The lowest BCUT2D eigenvalue weighted by atomic mass is 9.77. The van der Waals surface area contributed by atoms with Gasteiger partial charge in [-0.05, 0) is 53.3 Å². The lowest BCUT2D eigenvalue weighted by molar-refractivity contribution is -0.136. The summed E-state index contributed by atoms with van der Waals surface area (Å²) < 4.78 is 41.3. The molecule has 4 rings (SSSR count). The van der Waals surface area contributed by atoms with Gasteiger partial charge in [-0.25, -0.2) is 12.8 Å². The summed E-state index contributed by atoms with van der Waals surface area (Å²) in [7, 11) is -3.78. The predicted molar refractivity (Wildman–Crippen MR) is 119 cm³/mol. The molecule has 1 aliphatic rings. The minimum absolute atomic E-state index is 0.0652. The highest BCUT2D eigenvalue weighted by Gasteiger charge is 2.37. The first-order chi connectivity index (χ1) is 15.3. The van der Waals surface area contributed by atoms with Crippen molar-refractivity contribution in [1.29, 1.82) is 0 Å². The Bertz CT molecular complexity index is 1200. The van der Waals surface area contributed by atoms with Crippen LogP contribution < -0.4 is 0 Å². The summed E-state index contributed by atoms with van der Waals surface area (Å²) in [6, 6.07) is 22.2. The van der Waals surface area contributed by atoms with Crippen LogP contribution in [-0.4, -0.2) is 36.9 Å². The van der Waals surface area contributed by atoms with Crippen molar-refractivity contribution in [3.05, 3.63) is 101 Å². The van der Waals surface area contributed by atoms with E-state index in [1.54, 1.807) is 6.07 Å². The Morgan fingerprint density at radius 1 is 0.938 bits per heavy atom. The summed E-state index contributed by atoms with van der Waals surface area (Å²) in [5, 5.41) is 9.18. The lowest BCUT2D eigenvalue weighted by Crippen LogP contribution is -2.42. The van der Waals surface area contributed by atoms with Crippen LogP contribution in [0.3, 0.4) is 0 Å². The molecule has 0 amide bonds. The van der Waals surface area contributed by atoms with Gasteiger partial charge in [-0.2, -0.15) is 4.31 Å². The molecule has 0 aromatic heterocycles. The summed E-state index contributed by atoms with van der Waals surface area (Å²) in [5.74, 6) is -1.45. The van der Waals surface area contributed by atoms with E-state index >= 15 is 0 Å². The standard InChI is InChI=1S/C25H24FNO4S/c26-21-9-11-22(12-10-21)32(30,31)27-14-13-23(19-6-2-1-3-7-19)24(17-27)20-8-4-5-18(15-20)16-25(28)29/h1-12,15,23-24H,13-14,16-17H2,(H,28,29). The maximum atomic E-state index is 13.3. The Balaban J connectivity index is 1.70. The number of carbonyl (C=O) groups is 1. The zero-order valence-corrected chi connectivity index (χ0v) is 18.2. The average Bonchev–Trinajstić information content (AvgIpc) is 2.79. The van der Waals surface area contributed by atoms with E-state index in [-0.39, 0.29) is 29.7 Å². The van der Waals surface area contributed by atoms with Crippen molar-refractivity contribution in [1.82, 2.24) is 4.31 Å². The second kappa shape index (κ2) is 9.22. The van der Waals surface area contributed by atoms with Crippen LogP contribution in [0.4, 0.5) is 4.39 Å². The summed E-state index contributed by atoms with van der Waals surface area (Å²) in [4.78, 5) is 11.3. The highest BCUT2D eigenvalue weighted by atomic mass is 32.2. The van der Waals surface area contributed by atoms with Gasteiger partial charge in [0, 0.05) is 19.0 Å². The fourth-order valence-corrected chi connectivity index (χ4v) is 5.92. The number of rotatable bonds is 6. The highest BCUT2D eigenvalue weighted by Crippen LogP contribution is 2.41. The summed E-state index contributed by atoms with van der Waals surface area (Å²) in [6.07, 6.45) is 0.534. The van der Waals surface area contributed by atoms with Gasteiger partial charge in [0.1, 0.15) is 5.82 Å². The van der Waals surface area contributed by atoms with Crippen LogP contribution in [0.15, 0.2) is 83.8 Å². The molecule has 0 radical (unpaired) electrons. The van der Waals surface area contributed by atoms with Crippen LogP contribution in [0.25, 0.3) is 0 Å². The maximum absolute atomic E-state index is 13.3. The van der Waals surface area contributed by atoms with Crippen molar-refractivity contribution < 1.29 is 22.7 Å². The first-order valence-corrected chi connectivity index (χ1v) is 11.9. The van der Waals surface area contributed by atoms with E-state index in [2.05, 4.69) is 0 Å². The maximum Gasteiger partial charge on any atom is 0.307 e. The van der Waals surface area contributed by atoms with Gasteiger partial charge in [-0.3, -0.25) is 4.79 Å². The third kappa shape index (κ3) is 4.74. The van der Waals surface area contributed by atoms with Crippen LogP contribution in [0, 0.1) is 5.82 Å². The summed E-state index contributed by atoms with van der Waals surface area (Å²) in [6.45, 7) is 0.611. The molecule has 0 spiro atoms. The Labute approximate surface area is 187 Å². The molecule has 32 heavy (non-hydrogen) atoms. The fraction of sp³-hybridized carbons (Fsp3) is 0.240. The van der Waals surface area contributed by atoms with Crippen LogP contribution in [0.2, 0.25) is 0 Å². The number of piperidine rings is 1. The number of benzene rings is 3. The number of hydrogen-bond acceptors (Lipinski definition) is 3. The predicted octanol–water partition coefficient (Wildman–Crippen LogP) is 4.41. The number of sulfonamides is 1. The molecule has 1 saturated heterocycles. The van der Waals surface area contributed by atoms with Gasteiger partial charge in [0.15, 0.2) is 0 Å². The van der Waals surface area contributed by atoms with Gasteiger partial charge < -0.3 is 5.11 Å². The zero-order valence-electron chi connectivity index (χ0n) is 17.4. The molecule has 0 saturated carbocycles. The molecule has 3 aromatic rings. The average molecular weight is 454 g/mol. The van der Waals surface area contributed by atoms with E-state index in [9.17, 15) is 22.7 Å². The van der Waals surface area contributed by atoms with E-state index in [0.29, 0.717) is 18.5 Å². The third-order valence-electron chi connectivity index (χ3n) is 5.99. The van der Waals surface area contributed by atoms with Gasteiger partial charge in [0.05, 0.1) is 11.3 Å². The van der Waals surface area contributed by atoms with Gasteiger partial charge in [0.25, 0.3) is 0 Å². The van der Waals surface area contributed by atoms with Crippen molar-refractivity contribution in [2.45, 2.75) is 29.6 Å². The Kier molecular flexibility index (Phi) is 6.39. The fourth-order valence-electron chi connectivity index (χ4n) is 4.44. The van der Waals surface area contributed by atoms with Crippen LogP contribution in [-0.2, 0) is 21.2 Å². The van der Waals surface area contributed by atoms with Crippen LogP contribution >= 0.6 is 0 Å². The molecular weight excluding hydrogens is 429 g/mol. The first kappa shape index (κ1) is 22.2. The zero-order chi connectivity index (χ0) is 22.7. The quantitative estimate of drug-likeness (QED) is 0.600. The smallest absolute Gasteiger partial charge is 0.307 e. The van der Waals surface area contributed by atoms with Crippen molar-refractivity contribution in [2.75, 3.05) is 13.1 Å². The number of halogens is 1. The van der Waals surface area contributed by atoms with Crippen molar-refractivity contribution >= 4 is 16.0 Å². The highest BCUT2D eigenvalue weighted by molar-refractivity contribution is 7.89. The van der Waals surface area contributed by atoms with Crippen LogP contribution in [0.1, 0.15) is 34.9 Å². The monoisotopic (exact) mass is 453 g/mol. The minimum atomic E-state index is -3.78. The van der Waals surface area contributed by atoms with Gasteiger partial charge in [-0.1, -0.05) is 54.6 Å². The molecule has 1 fully saturated rings. The topological polar surface area (TPSA) is 74.7 Å². The summed E-state index contributed by atoms with van der Waals surface area (Å²) >= 11 is 0. The molecule has 1 heterocycles. The largest absolute Gasteiger partial charge is 0.481 e. The number of aliphatic carboxylic acids is 1. The van der Waals surface area contributed by atoms with Crippen molar-refractivity contribution in [2.24, 2.45) is 0 Å². The molecule has 0 bridgehead atoms. The third-order valence-corrected chi connectivity index (χ3v) is 7.87. The second-order valence-corrected chi connectivity index (χ2v) is 9.98. The molecule has 7 heteroatoms. The molecule has 3 aromatic carbocycles. The number of carboxylic acids is 1. The molecule has 1 aliphatic heterocycles. The number of nitrogens with zero attached hydrogens (tertiary/aromatic N) is 1. The van der Waals surface area contributed by atoms with E-state index in [1.807, 2.05) is 48.5 Å². The Morgan fingerprint density at radius 2 is 1.62 bits per heavy atom. The molecule has 2 unspecified atom stereocenters. The number of hydrogen-bond donors (Lipinski definition) is 1.